The van der Waals surface area contributed by atoms with Crippen molar-refractivity contribution in [3.63, 3.8) is 0 Å². The molecular weight excluding hydrogens is 238 g/mol. The fraction of sp³-hybridized carbons (Fsp3) is 0.417. The molecule has 4 nitrogen and oxygen atoms in total. The Morgan fingerprint density at radius 3 is 2.47 bits per heavy atom. The van der Waals surface area contributed by atoms with Gasteiger partial charge in [0.2, 0.25) is 0 Å². The van der Waals surface area contributed by atoms with Gasteiger partial charge in [0, 0.05) is 6.42 Å². The largest absolute Gasteiger partial charge is 0.496 e. The summed E-state index contributed by atoms with van der Waals surface area (Å²) in [5.41, 5.74) is 1.42. The van der Waals surface area contributed by atoms with E-state index in [1.54, 1.807) is 33.1 Å². The summed E-state index contributed by atoms with van der Waals surface area (Å²) >= 11 is 0. The lowest BCUT2D eigenvalue weighted by atomic mass is 10.1. The number of benzene rings is 1. The molecule has 0 aliphatic rings. The van der Waals surface area contributed by atoms with Crippen LogP contribution in [0.3, 0.4) is 0 Å². The van der Waals surface area contributed by atoms with Gasteiger partial charge in [-0.05, 0) is 37.1 Å². The van der Waals surface area contributed by atoms with Crippen LogP contribution in [0.25, 0.3) is 0 Å². The molecule has 0 spiro atoms. The first-order chi connectivity index (χ1) is 7.92. The Kier molecular flexibility index (Phi) is 4.13. The van der Waals surface area contributed by atoms with Crippen molar-refractivity contribution < 1.29 is 13.2 Å². The Hall–Kier alpha value is -1.54. The quantitative estimate of drug-likeness (QED) is 0.823. The Bertz CT molecular complexity index is 556. The molecule has 0 aliphatic heterocycles. The van der Waals surface area contributed by atoms with Crippen LogP contribution in [0.15, 0.2) is 17.0 Å². The van der Waals surface area contributed by atoms with E-state index in [0.717, 1.165) is 5.56 Å². The van der Waals surface area contributed by atoms with Crippen molar-refractivity contribution in [3.8, 4) is 11.8 Å². The maximum atomic E-state index is 12.0. The first kappa shape index (κ1) is 13.5. The maximum absolute atomic E-state index is 12.0. The molecule has 1 aromatic rings. The monoisotopic (exact) mass is 253 g/mol. The molecule has 1 rings (SSSR count). The number of hydrogen-bond acceptors (Lipinski definition) is 4. The molecule has 92 valence electrons. The van der Waals surface area contributed by atoms with Crippen LogP contribution in [-0.4, -0.2) is 21.3 Å². The molecule has 0 heterocycles. The summed E-state index contributed by atoms with van der Waals surface area (Å²) in [4.78, 5) is 0.283. The van der Waals surface area contributed by atoms with Gasteiger partial charge in [-0.15, -0.1) is 0 Å². The summed E-state index contributed by atoms with van der Waals surface area (Å²) in [5.74, 6) is 0.526. The molecule has 0 fully saturated rings. The van der Waals surface area contributed by atoms with Crippen LogP contribution in [-0.2, 0) is 9.84 Å². The standard InChI is InChI=1S/C12H15NO3S/c1-9-8-12(10(2)7-11(9)16-3)17(14,15)6-4-5-13/h7-8H,4,6H2,1-3H3. The highest BCUT2D eigenvalue weighted by molar-refractivity contribution is 7.91. The van der Waals surface area contributed by atoms with E-state index >= 15 is 0 Å². The maximum Gasteiger partial charge on any atom is 0.179 e. The molecule has 0 aliphatic carbocycles. The lowest BCUT2D eigenvalue weighted by Crippen LogP contribution is -2.08. The van der Waals surface area contributed by atoms with Crippen molar-refractivity contribution in [2.75, 3.05) is 12.9 Å². The Balaban J connectivity index is 3.25. The van der Waals surface area contributed by atoms with Gasteiger partial charge in [-0.2, -0.15) is 5.26 Å². The van der Waals surface area contributed by atoms with Gasteiger partial charge in [0.1, 0.15) is 5.75 Å². The zero-order valence-corrected chi connectivity index (χ0v) is 11.0. The van der Waals surface area contributed by atoms with E-state index in [1.807, 2.05) is 6.07 Å². The van der Waals surface area contributed by atoms with E-state index in [1.165, 1.54) is 0 Å². The Labute approximate surface area is 102 Å². The van der Waals surface area contributed by atoms with Crippen LogP contribution >= 0.6 is 0 Å². The van der Waals surface area contributed by atoms with E-state index < -0.39 is 9.84 Å². The van der Waals surface area contributed by atoms with Crippen LogP contribution in [0, 0.1) is 25.2 Å². The molecule has 0 aromatic heterocycles. The molecule has 0 unspecified atom stereocenters. The van der Waals surface area contributed by atoms with Crippen LogP contribution < -0.4 is 4.74 Å². The number of hydrogen-bond donors (Lipinski definition) is 0. The number of aryl methyl sites for hydroxylation is 2. The van der Waals surface area contributed by atoms with E-state index in [9.17, 15) is 8.42 Å². The molecule has 5 heteroatoms. The molecule has 0 saturated heterocycles. The third-order valence-corrected chi connectivity index (χ3v) is 4.36. The summed E-state index contributed by atoms with van der Waals surface area (Å²) in [5, 5.41) is 8.45. The lowest BCUT2D eigenvalue weighted by molar-refractivity contribution is 0.411. The second-order valence-corrected chi connectivity index (χ2v) is 5.89. The minimum atomic E-state index is -3.38. The van der Waals surface area contributed by atoms with Crippen LogP contribution in [0.5, 0.6) is 5.75 Å². The number of methoxy groups -OCH3 is 1. The molecule has 1 aromatic carbocycles. The van der Waals surface area contributed by atoms with Crippen molar-refractivity contribution in [3.05, 3.63) is 23.3 Å². The number of nitriles is 1. The summed E-state index contributed by atoms with van der Waals surface area (Å²) in [6.07, 6.45) is 0.00680. The van der Waals surface area contributed by atoms with Crippen molar-refractivity contribution in [1.29, 1.82) is 5.26 Å². The first-order valence-corrected chi connectivity index (χ1v) is 6.82. The lowest BCUT2D eigenvalue weighted by Gasteiger charge is -2.11. The SMILES string of the molecule is COc1cc(C)c(S(=O)(=O)CCC#N)cc1C. The van der Waals surface area contributed by atoms with Gasteiger partial charge < -0.3 is 4.74 Å². The highest BCUT2D eigenvalue weighted by Gasteiger charge is 2.18. The second kappa shape index (κ2) is 5.19. The summed E-state index contributed by atoms with van der Waals surface area (Å²) in [6.45, 7) is 3.52. The number of rotatable bonds is 4. The predicted molar refractivity (Wildman–Crippen MR) is 64.8 cm³/mol. The van der Waals surface area contributed by atoms with E-state index in [2.05, 4.69) is 0 Å². The van der Waals surface area contributed by atoms with Crippen molar-refractivity contribution in [2.24, 2.45) is 0 Å². The first-order valence-electron chi connectivity index (χ1n) is 5.17. The van der Waals surface area contributed by atoms with Gasteiger partial charge in [-0.3, -0.25) is 0 Å². The minimum Gasteiger partial charge on any atom is -0.496 e. The molecule has 0 amide bonds. The number of sulfone groups is 1. The second-order valence-electron chi connectivity index (χ2n) is 3.81. The fourth-order valence-corrected chi connectivity index (χ4v) is 3.09. The molecule has 0 N–H and O–H groups in total. The van der Waals surface area contributed by atoms with E-state index in [-0.39, 0.29) is 17.1 Å². The molecular formula is C12H15NO3S. The third kappa shape index (κ3) is 2.98. The Morgan fingerprint density at radius 2 is 1.94 bits per heavy atom. The molecule has 0 atom stereocenters. The zero-order valence-electron chi connectivity index (χ0n) is 10.1. The van der Waals surface area contributed by atoms with Gasteiger partial charge in [0.15, 0.2) is 9.84 Å². The third-order valence-electron chi connectivity index (χ3n) is 2.51. The molecule has 0 radical (unpaired) electrons. The van der Waals surface area contributed by atoms with Gasteiger partial charge in [0.05, 0.1) is 23.8 Å². The van der Waals surface area contributed by atoms with Crippen molar-refractivity contribution in [2.45, 2.75) is 25.2 Å². The van der Waals surface area contributed by atoms with Crippen LogP contribution in [0.1, 0.15) is 17.5 Å². The van der Waals surface area contributed by atoms with E-state index in [0.29, 0.717) is 11.3 Å². The molecule has 17 heavy (non-hydrogen) atoms. The summed E-state index contributed by atoms with van der Waals surface area (Å²) < 4.78 is 29.1. The summed E-state index contributed by atoms with van der Waals surface area (Å²) in [6, 6.07) is 5.15. The summed E-state index contributed by atoms with van der Waals surface area (Å²) in [7, 11) is -1.83. The van der Waals surface area contributed by atoms with Gasteiger partial charge in [-0.25, -0.2) is 8.42 Å². The predicted octanol–water partition coefficient (Wildman–Crippen LogP) is 2.00. The molecule has 0 bridgehead atoms. The van der Waals surface area contributed by atoms with Gasteiger partial charge in [0.25, 0.3) is 0 Å². The van der Waals surface area contributed by atoms with E-state index in [4.69, 9.17) is 10.00 Å². The average Bonchev–Trinajstić information content (AvgIpc) is 2.28. The average molecular weight is 253 g/mol. The smallest absolute Gasteiger partial charge is 0.179 e. The van der Waals surface area contributed by atoms with Gasteiger partial charge in [-0.1, -0.05) is 0 Å². The van der Waals surface area contributed by atoms with Crippen molar-refractivity contribution in [1.82, 2.24) is 0 Å². The zero-order chi connectivity index (χ0) is 13.1. The highest BCUT2D eigenvalue weighted by atomic mass is 32.2. The number of ether oxygens (including phenoxy) is 1. The minimum absolute atomic E-state index is 0.00680. The van der Waals surface area contributed by atoms with Crippen LogP contribution in [0.4, 0.5) is 0 Å². The highest BCUT2D eigenvalue weighted by Crippen LogP contribution is 2.26. The van der Waals surface area contributed by atoms with Gasteiger partial charge >= 0.3 is 0 Å². The molecule has 0 saturated carbocycles. The fourth-order valence-electron chi connectivity index (χ4n) is 1.61. The number of nitrogens with zero attached hydrogens (tertiary/aromatic N) is 1. The van der Waals surface area contributed by atoms with Crippen molar-refractivity contribution >= 4 is 9.84 Å². The normalized spacial score (nSPS) is 10.9. The topological polar surface area (TPSA) is 67.2 Å². The van der Waals surface area contributed by atoms with Crippen LogP contribution in [0.2, 0.25) is 0 Å². The Morgan fingerprint density at radius 1 is 1.29 bits per heavy atom.